The van der Waals surface area contributed by atoms with Crippen LogP contribution in [0.3, 0.4) is 0 Å². The molecular weight excluding hydrogens is 360 g/mol. The molecule has 4 rings (SSSR count). The second-order valence-corrected chi connectivity index (χ2v) is 10.4. The predicted molar refractivity (Wildman–Crippen MR) is 118 cm³/mol. The van der Waals surface area contributed by atoms with Gasteiger partial charge in [0.2, 0.25) is 0 Å². The average molecular weight is 395 g/mol. The van der Waals surface area contributed by atoms with Crippen LogP contribution in [-0.2, 0) is 5.41 Å². The van der Waals surface area contributed by atoms with E-state index in [1.54, 1.807) is 0 Å². The van der Waals surface area contributed by atoms with Crippen LogP contribution in [0.5, 0.6) is 0 Å². The number of benzene rings is 1. The number of carbonyl (C=O) groups excluding carboxylic acids is 2. The first kappa shape index (κ1) is 20.3. The van der Waals surface area contributed by atoms with Crippen LogP contribution in [0.15, 0.2) is 18.2 Å². The number of H-pyrrole nitrogens is 1. The fourth-order valence-corrected chi connectivity index (χ4v) is 5.72. The Balaban J connectivity index is 1.56. The zero-order valence-corrected chi connectivity index (χ0v) is 18.3. The van der Waals surface area contributed by atoms with E-state index in [4.69, 9.17) is 0 Å². The summed E-state index contributed by atoms with van der Waals surface area (Å²) in [5.41, 5.74) is 3.06. The van der Waals surface area contributed by atoms with Gasteiger partial charge in [-0.3, -0.25) is 9.59 Å². The van der Waals surface area contributed by atoms with Crippen molar-refractivity contribution in [1.82, 2.24) is 10.3 Å². The highest BCUT2D eigenvalue weighted by molar-refractivity contribution is 6.08. The van der Waals surface area contributed by atoms with Gasteiger partial charge in [-0.25, -0.2) is 0 Å². The van der Waals surface area contributed by atoms with Crippen LogP contribution < -0.4 is 5.32 Å². The normalized spacial score (nSPS) is 23.2. The number of piperidine rings is 1. The minimum Gasteiger partial charge on any atom is -0.352 e. The van der Waals surface area contributed by atoms with Crippen molar-refractivity contribution in [2.45, 2.75) is 71.6 Å². The lowest BCUT2D eigenvalue weighted by atomic mass is 9.63. The molecule has 2 aliphatic rings. The zero-order chi connectivity index (χ0) is 20.8. The van der Waals surface area contributed by atoms with E-state index >= 15 is 0 Å². The SMILES string of the molecule is CC1(C)CC(C)(C)c2c([nH]c3ccc(C(=O)CCCC4CCCNC4)cc23)C1=O. The lowest BCUT2D eigenvalue weighted by Gasteiger charge is -2.39. The van der Waals surface area contributed by atoms with E-state index in [9.17, 15) is 9.59 Å². The summed E-state index contributed by atoms with van der Waals surface area (Å²) in [7, 11) is 0. The zero-order valence-electron chi connectivity index (χ0n) is 18.3. The van der Waals surface area contributed by atoms with E-state index in [1.807, 2.05) is 32.0 Å². The summed E-state index contributed by atoms with van der Waals surface area (Å²) in [5, 5.41) is 4.49. The van der Waals surface area contributed by atoms with Crippen LogP contribution >= 0.6 is 0 Å². The molecule has 0 amide bonds. The molecule has 156 valence electrons. The minimum atomic E-state index is -0.371. The third kappa shape index (κ3) is 3.79. The van der Waals surface area contributed by atoms with Gasteiger partial charge >= 0.3 is 0 Å². The van der Waals surface area contributed by atoms with Crippen molar-refractivity contribution in [2.24, 2.45) is 11.3 Å². The van der Waals surface area contributed by atoms with Crippen LogP contribution in [0.2, 0.25) is 0 Å². The molecule has 2 heterocycles. The molecule has 0 spiro atoms. The summed E-state index contributed by atoms with van der Waals surface area (Å²) in [5.74, 6) is 1.11. The largest absolute Gasteiger partial charge is 0.352 e. The lowest BCUT2D eigenvalue weighted by molar-refractivity contribution is 0.0759. The number of aromatic amines is 1. The highest BCUT2D eigenvalue weighted by Gasteiger charge is 2.45. The van der Waals surface area contributed by atoms with Gasteiger partial charge in [0.05, 0.1) is 5.69 Å². The Bertz CT molecular complexity index is 945. The van der Waals surface area contributed by atoms with E-state index in [-0.39, 0.29) is 22.4 Å². The maximum absolute atomic E-state index is 13.0. The first-order valence-electron chi connectivity index (χ1n) is 11.1. The van der Waals surface area contributed by atoms with Gasteiger partial charge in [0.15, 0.2) is 11.6 Å². The topological polar surface area (TPSA) is 62.0 Å². The molecule has 1 atom stereocenters. The number of Topliss-reactive ketones (excluding diaryl/α,β-unsaturated/α-hetero) is 2. The van der Waals surface area contributed by atoms with Gasteiger partial charge in [-0.05, 0) is 80.3 Å². The van der Waals surface area contributed by atoms with Crippen LogP contribution in [-0.4, -0.2) is 29.6 Å². The van der Waals surface area contributed by atoms with Crippen molar-refractivity contribution in [3.63, 3.8) is 0 Å². The Morgan fingerprint density at radius 2 is 1.97 bits per heavy atom. The summed E-state index contributed by atoms with van der Waals surface area (Å²) >= 11 is 0. The van der Waals surface area contributed by atoms with Gasteiger partial charge in [0.1, 0.15) is 0 Å². The first-order valence-corrected chi connectivity index (χ1v) is 11.1. The van der Waals surface area contributed by atoms with E-state index in [0.29, 0.717) is 12.3 Å². The van der Waals surface area contributed by atoms with E-state index in [0.717, 1.165) is 60.1 Å². The summed E-state index contributed by atoms with van der Waals surface area (Å²) in [6.45, 7) is 10.7. The molecule has 2 aromatic rings. The molecule has 1 saturated heterocycles. The molecule has 4 nitrogen and oxygen atoms in total. The Kier molecular flexibility index (Phi) is 5.18. The number of hydrogen-bond donors (Lipinski definition) is 2. The molecule has 29 heavy (non-hydrogen) atoms. The number of ketones is 2. The lowest BCUT2D eigenvalue weighted by Crippen LogP contribution is -2.39. The Morgan fingerprint density at radius 1 is 1.17 bits per heavy atom. The van der Waals surface area contributed by atoms with Crippen LogP contribution in [0.4, 0.5) is 0 Å². The maximum atomic E-state index is 13.0. The summed E-state index contributed by atoms with van der Waals surface area (Å²) in [6.07, 6.45) is 6.02. The molecule has 1 unspecified atom stereocenters. The first-order chi connectivity index (χ1) is 13.7. The van der Waals surface area contributed by atoms with Gasteiger partial charge in [-0.15, -0.1) is 0 Å². The molecule has 0 bridgehead atoms. The molecule has 1 aromatic carbocycles. The average Bonchev–Trinajstić information content (AvgIpc) is 3.06. The predicted octanol–water partition coefficient (Wildman–Crippen LogP) is 5.41. The van der Waals surface area contributed by atoms with Crippen molar-refractivity contribution >= 4 is 22.5 Å². The summed E-state index contributed by atoms with van der Waals surface area (Å²) in [6, 6.07) is 5.90. The highest BCUT2D eigenvalue weighted by Crippen LogP contribution is 2.48. The molecule has 0 radical (unpaired) electrons. The molecule has 1 aliphatic carbocycles. The Labute approximate surface area is 173 Å². The quantitative estimate of drug-likeness (QED) is 0.667. The van der Waals surface area contributed by atoms with E-state index in [1.165, 1.54) is 12.8 Å². The highest BCUT2D eigenvalue weighted by atomic mass is 16.1. The number of hydrogen-bond acceptors (Lipinski definition) is 3. The second kappa shape index (κ2) is 7.39. The number of fused-ring (bicyclic) bond motifs is 3. The summed E-state index contributed by atoms with van der Waals surface area (Å²) in [4.78, 5) is 29.2. The summed E-state index contributed by atoms with van der Waals surface area (Å²) < 4.78 is 0. The number of aromatic nitrogens is 1. The van der Waals surface area contributed by atoms with Gasteiger partial charge in [-0.2, -0.15) is 0 Å². The van der Waals surface area contributed by atoms with Gasteiger partial charge in [-0.1, -0.05) is 27.7 Å². The molecule has 4 heteroatoms. The van der Waals surface area contributed by atoms with Crippen molar-refractivity contribution < 1.29 is 9.59 Å². The number of rotatable bonds is 5. The van der Waals surface area contributed by atoms with Crippen LogP contribution in [0.25, 0.3) is 10.9 Å². The van der Waals surface area contributed by atoms with Gasteiger partial charge in [0, 0.05) is 28.3 Å². The third-order valence-corrected chi connectivity index (χ3v) is 6.94. The number of nitrogens with one attached hydrogen (secondary N) is 2. The fraction of sp³-hybridized carbons (Fsp3) is 0.600. The van der Waals surface area contributed by atoms with E-state index < -0.39 is 0 Å². The number of carbonyl (C=O) groups is 2. The maximum Gasteiger partial charge on any atom is 0.184 e. The van der Waals surface area contributed by atoms with Crippen molar-refractivity contribution in [2.75, 3.05) is 13.1 Å². The monoisotopic (exact) mass is 394 g/mol. The van der Waals surface area contributed by atoms with Crippen molar-refractivity contribution in [3.8, 4) is 0 Å². The Morgan fingerprint density at radius 3 is 2.69 bits per heavy atom. The smallest absolute Gasteiger partial charge is 0.184 e. The standard InChI is InChI=1S/C25H34N2O2/c1-24(2)15-25(3,4)23(29)22-21(24)18-13-17(10-11-19(18)27-22)20(28)9-5-7-16-8-6-12-26-14-16/h10-11,13,16,26-27H,5-9,12,14-15H2,1-4H3. The van der Waals surface area contributed by atoms with Crippen molar-refractivity contribution in [3.05, 3.63) is 35.0 Å². The fourth-order valence-electron chi connectivity index (χ4n) is 5.72. The molecule has 1 aliphatic heterocycles. The molecule has 1 fully saturated rings. The second-order valence-electron chi connectivity index (χ2n) is 10.4. The van der Waals surface area contributed by atoms with E-state index in [2.05, 4.69) is 24.1 Å². The van der Waals surface area contributed by atoms with Crippen LogP contribution in [0, 0.1) is 11.3 Å². The molecular formula is C25H34N2O2. The van der Waals surface area contributed by atoms with Crippen LogP contribution in [0.1, 0.15) is 92.6 Å². The van der Waals surface area contributed by atoms with Gasteiger partial charge < -0.3 is 10.3 Å². The minimum absolute atomic E-state index is 0.110. The molecule has 2 N–H and O–H groups in total. The Hall–Kier alpha value is -1.94. The van der Waals surface area contributed by atoms with Gasteiger partial charge in [0.25, 0.3) is 0 Å². The van der Waals surface area contributed by atoms with Crippen molar-refractivity contribution in [1.29, 1.82) is 0 Å². The molecule has 1 aromatic heterocycles. The molecule has 0 saturated carbocycles. The third-order valence-electron chi connectivity index (χ3n) is 6.94.